The summed E-state index contributed by atoms with van der Waals surface area (Å²) >= 11 is 0. The van der Waals surface area contributed by atoms with E-state index in [1.54, 1.807) is 0 Å². The molecule has 0 N–H and O–H groups in total. The fourth-order valence-corrected chi connectivity index (χ4v) is 0.902. The van der Waals surface area contributed by atoms with Crippen LogP contribution in [0.5, 0.6) is 0 Å². The van der Waals surface area contributed by atoms with Gasteiger partial charge in [-0.15, -0.1) is 12.2 Å². The second kappa shape index (κ2) is 6.05. The molecule has 3 heteroatoms. The summed E-state index contributed by atoms with van der Waals surface area (Å²) in [5.41, 5.74) is -0.595. The Labute approximate surface area is 118 Å². The molecule has 80 valence electrons. The number of hydrogen-bond acceptors (Lipinski definition) is 2. The Morgan fingerprint density at radius 1 is 0.786 bits per heavy atom. The Balaban J connectivity index is 0. The molecule has 0 heterocycles. The quantitative estimate of drug-likeness (QED) is 0.645. The first-order valence-corrected chi connectivity index (χ1v) is 4.87. The fourth-order valence-electron chi connectivity index (χ4n) is 0.902. The third-order valence-corrected chi connectivity index (χ3v) is 2.36. The summed E-state index contributed by atoms with van der Waals surface area (Å²) < 4.78 is 0. The van der Waals surface area contributed by atoms with Crippen molar-refractivity contribution in [1.29, 1.82) is 0 Å². The molecular weight excluding hydrogens is 204 g/mol. The molecule has 0 aliphatic rings. The monoisotopic (exact) mass is 226 g/mol. The average Bonchev–Trinajstić information content (AvgIpc) is 1.82. The smallest absolute Gasteiger partial charge is 0.852 e. The first-order chi connectivity index (χ1) is 5.55. The van der Waals surface area contributed by atoms with Gasteiger partial charge in [-0.1, -0.05) is 58.8 Å². The van der Waals surface area contributed by atoms with Crippen molar-refractivity contribution in [1.82, 2.24) is 0 Å². The van der Waals surface area contributed by atoms with Crippen molar-refractivity contribution < 1.29 is 10.2 Å². The van der Waals surface area contributed by atoms with Crippen LogP contribution in [0.3, 0.4) is 0 Å². The molecule has 0 saturated heterocycles. The SMILES string of the molecule is CC(C)(C)C([O-])CC([O-])C(C)(C)C.[Ca+2]. The Morgan fingerprint density at radius 3 is 1.14 bits per heavy atom. The van der Waals surface area contributed by atoms with E-state index in [1.165, 1.54) is 0 Å². The zero-order valence-electron chi connectivity index (χ0n) is 10.4. The van der Waals surface area contributed by atoms with E-state index >= 15 is 0 Å². The standard InChI is InChI=1S/C11H22O2.Ca/c1-10(2,3)8(12)7-9(13)11(4,5)6;/h8-9H,7H2,1-6H3;/q-2;+2. The molecule has 2 nitrogen and oxygen atoms in total. The molecule has 0 amide bonds. The third-order valence-electron chi connectivity index (χ3n) is 2.36. The van der Waals surface area contributed by atoms with Crippen LogP contribution in [-0.2, 0) is 0 Å². The van der Waals surface area contributed by atoms with Gasteiger partial charge in [-0.3, -0.25) is 0 Å². The van der Waals surface area contributed by atoms with Crippen molar-refractivity contribution >= 4 is 37.7 Å². The summed E-state index contributed by atoms with van der Waals surface area (Å²) in [7, 11) is 0. The fraction of sp³-hybridized carbons (Fsp3) is 1.00. The first kappa shape index (κ1) is 17.6. The van der Waals surface area contributed by atoms with Crippen molar-refractivity contribution in [3.63, 3.8) is 0 Å². The van der Waals surface area contributed by atoms with Gasteiger partial charge in [-0.2, -0.15) is 0 Å². The van der Waals surface area contributed by atoms with Crippen molar-refractivity contribution in [2.75, 3.05) is 0 Å². The number of rotatable bonds is 2. The Morgan fingerprint density at radius 2 is 1.00 bits per heavy atom. The zero-order valence-corrected chi connectivity index (χ0v) is 12.6. The molecule has 0 aromatic carbocycles. The van der Waals surface area contributed by atoms with E-state index in [0.717, 1.165) is 0 Å². The van der Waals surface area contributed by atoms with E-state index in [9.17, 15) is 10.2 Å². The second-order valence-corrected chi connectivity index (χ2v) is 5.95. The molecule has 0 rings (SSSR count). The van der Waals surface area contributed by atoms with E-state index in [-0.39, 0.29) is 55.0 Å². The van der Waals surface area contributed by atoms with Crippen molar-refractivity contribution in [3.05, 3.63) is 0 Å². The van der Waals surface area contributed by atoms with Gasteiger partial charge in [0.1, 0.15) is 0 Å². The van der Waals surface area contributed by atoms with E-state index < -0.39 is 12.2 Å². The summed E-state index contributed by atoms with van der Waals surface area (Å²) in [5, 5.41) is 23.2. The molecule has 0 aromatic rings. The van der Waals surface area contributed by atoms with Gasteiger partial charge < -0.3 is 10.2 Å². The van der Waals surface area contributed by atoms with Crippen LogP contribution in [0, 0.1) is 10.8 Å². The van der Waals surface area contributed by atoms with Gasteiger partial charge in [0.25, 0.3) is 0 Å². The molecule has 0 bridgehead atoms. The largest absolute Gasteiger partial charge is 2.00 e. The minimum atomic E-state index is -0.755. The second-order valence-electron chi connectivity index (χ2n) is 5.95. The third kappa shape index (κ3) is 6.62. The molecule has 0 spiro atoms. The average molecular weight is 226 g/mol. The normalized spacial score (nSPS) is 17.1. The minimum Gasteiger partial charge on any atom is -0.852 e. The van der Waals surface area contributed by atoms with Crippen LogP contribution in [0.2, 0.25) is 0 Å². The molecular formula is C11H22CaO2. The molecule has 2 atom stereocenters. The Bertz CT molecular complexity index is 138. The molecule has 0 saturated carbocycles. The Hall–Kier alpha value is 1.18. The van der Waals surface area contributed by atoms with Crippen LogP contribution < -0.4 is 10.2 Å². The van der Waals surface area contributed by atoms with Gasteiger partial charge in [0.2, 0.25) is 0 Å². The van der Waals surface area contributed by atoms with Crippen LogP contribution in [0.15, 0.2) is 0 Å². The maximum absolute atomic E-state index is 11.6. The first-order valence-electron chi connectivity index (χ1n) is 4.87. The van der Waals surface area contributed by atoms with Crippen LogP contribution in [0.25, 0.3) is 0 Å². The Kier molecular flexibility index (Phi) is 7.59. The summed E-state index contributed by atoms with van der Waals surface area (Å²) in [4.78, 5) is 0. The van der Waals surface area contributed by atoms with E-state index in [4.69, 9.17) is 0 Å². The summed E-state index contributed by atoms with van der Waals surface area (Å²) in [6.07, 6.45) is -1.28. The molecule has 0 aliphatic heterocycles. The summed E-state index contributed by atoms with van der Waals surface area (Å²) in [6, 6.07) is 0. The van der Waals surface area contributed by atoms with Gasteiger partial charge >= 0.3 is 37.7 Å². The number of hydrogen-bond donors (Lipinski definition) is 0. The molecule has 2 unspecified atom stereocenters. The summed E-state index contributed by atoms with van der Waals surface area (Å²) in [5.74, 6) is 0. The van der Waals surface area contributed by atoms with Crippen molar-refractivity contribution in [2.45, 2.75) is 60.2 Å². The summed E-state index contributed by atoms with van der Waals surface area (Å²) in [6.45, 7) is 11.3. The van der Waals surface area contributed by atoms with Gasteiger partial charge in [0.05, 0.1) is 0 Å². The molecule has 0 fully saturated rings. The van der Waals surface area contributed by atoms with Gasteiger partial charge in [0.15, 0.2) is 0 Å². The molecule has 0 aliphatic carbocycles. The molecule has 0 radical (unpaired) electrons. The predicted octanol–water partition coefficient (Wildman–Crippen LogP) is 0.546. The maximum atomic E-state index is 11.6. The predicted molar refractivity (Wildman–Crippen MR) is 56.9 cm³/mol. The van der Waals surface area contributed by atoms with E-state index in [2.05, 4.69) is 0 Å². The topological polar surface area (TPSA) is 46.1 Å². The molecule has 14 heavy (non-hydrogen) atoms. The zero-order chi connectivity index (χ0) is 10.9. The van der Waals surface area contributed by atoms with Crippen LogP contribution in [0.1, 0.15) is 48.0 Å². The van der Waals surface area contributed by atoms with Gasteiger partial charge in [-0.05, 0) is 0 Å². The minimum absolute atomic E-state index is 0. The van der Waals surface area contributed by atoms with Crippen LogP contribution >= 0.6 is 0 Å². The molecule has 0 aromatic heterocycles. The van der Waals surface area contributed by atoms with E-state index in [1.807, 2.05) is 41.5 Å². The van der Waals surface area contributed by atoms with Crippen molar-refractivity contribution in [3.8, 4) is 0 Å². The van der Waals surface area contributed by atoms with Gasteiger partial charge in [-0.25, -0.2) is 0 Å². The van der Waals surface area contributed by atoms with Crippen LogP contribution in [-0.4, -0.2) is 49.9 Å². The van der Waals surface area contributed by atoms with E-state index in [0.29, 0.717) is 0 Å². The van der Waals surface area contributed by atoms with Crippen LogP contribution in [0.4, 0.5) is 0 Å². The van der Waals surface area contributed by atoms with Gasteiger partial charge in [0, 0.05) is 0 Å². The maximum Gasteiger partial charge on any atom is 2.00 e. The van der Waals surface area contributed by atoms with Crippen molar-refractivity contribution in [2.24, 2.45) is 10.8 Å².